The summed E-state index contributed by atoms with van der Waals surface area (Å²) in [6.45, 7) is 5.06. The minimum Gasteiger partial charge on any atom is -0.488 e. The van der Waals surface area contributed by atoms with E-state index in [-0.39, 0.29) is 36.2 Å². The van der Waals surface area contributed by atoms with Crippen molar-refractivity contribution >= 4 is 24.0 Å². The zero-order valence-electron chi connectivity index (χ0n) is 27.2. The summed E-state index contributed by atoms with van der Waals surface area (Å²) in [7, 11) is 0. The Balaban J connectivity index is 1.71. The molecule has 1 N–H and O–H groups in total. The minimum absolute atomic E-state index is 0.217. The molecule has 0 bridgehead atoms. The van der Waals surface area contributed by atoms with Crippen LogP contribution in [0.3, 0.4) is 0 Å². The second-order valence-corrected chi connectivity index (χ2v) is 11.2. The van der Waals surface area contributed by atoms with Gasteiger partial charge in [-0.05, 0) is 36.2 Å². The van der Waals surface area contributed by atoms with E-state index in [1.54, 1.807) is 36.4 Å². The molecule has 1 unspecified atom stereocenters. The van der Waals surface area contributed by atoms with Crippen molar-refractivity contribution in [2.45, 2.75) is 97.7 Å². The van der Waals surface area contributed by atoms with E-state index in [2.05, 4.69) is 6.92 Å². The topological polar surface area (TPSA) is 108 Å². The number of aliphatic hydroxyl groups is 1. The number of unbranched alkanes of at least 4 members (excludes halogenated alkanes) is 8. The SMILES string of the molecule is CCCCCCCCCCCC(=O)Oc1cc(OC(C)=O)ccc1C=CC(O)c1ccc(OC(C)=O)cc1OCc1ccccc1. The third kappa shape index (κ3) is 13.3. The molecule has 0 aliphatic heterocycles. The summed E-state index contributed by atoms with van der Waals surface area (Å²) in [5.74, 6) is -0.251. The van der Waals surface area contributed by atoms with Gasteiger partial charge in [0.05, 0.1) is 0 Å². The average Bonchev–Trinajstić information content (AvgIpc) is 3.02. The van der Waals surface area contributed by atoms with Crippen molar-refractivity contribution in [2.24, 2.45) is 0 Å². The van der Waals surface area contributed by atoms with E-state index >= 15 is 0 Å². The number of carbonyl (C=O) groups is 3. The highest BCUT2D eigenvalue weighted by molar-refractivity contribution is 5.75. The van der Waals surface area contributed by atoms with E-state index in [9.17, 15) is 19.5 Å². The summed E-state index contributed by atoms with van der Waals surface area (Å²) < 4.78 is 22.2. The van der Waals surface area contributed by atoms with E-state index in [4.69, 9.17) is 18.9 Å². The molecule has 0 heterocycles. The predicted octanol–water partition coefficient (Wildman–Crippen LogP) is 8.69. The highest BCUT2D eigenvalue weighted by Gasteiger charge is 2.16. The lowest BCUT2D eigenvalue weighted by atomic mass is 10.1. The molecule has 0 spiro atoms. The fraction of sp³-hybridized carbons (Fsp3) is 0.395. The first-order valence-corrected chi connectivity index (χ1v) is 16.1. The van der Waals surface area contributed by atoms with Gasteiger partial charge in [-0.1, -0.05) is 101 Å². The molecule has 0 amide bonds. The predicted molar refractivity (Wildman–Crippen MR) is 178 cm³/mol. The van der Waals surface area contributed by atoms with E-state index in [1.807, 2.05) is 30.3 Å². The molecule has 0 aromatic heterocycles. The van der Waals surface area contributed by atoms with Crippen LogP contribution in [0.4, 0.5) is 0 Å². The Morgan fingerprint density at radius 1 is 0.717 bits per heavy atom. The molecule has 3 aromatic rings. The number of ether oxygens (including phenoxy) is 4. The third-order valence-electron chi connectivity index (χ3n) is 7.22. The normalized spacial score (nSPS) is 11.7. The zero-order chi connectivity index (χ0) is 33.1. The summed E-state index contributed by atoms with van der Waals surface area (Å²) >= 11 is 0. The maximum absolute atomic E-state index is 12.8. The van der Waals surface area contributed by atoms with E-state index in [0.717, 1.165) is 24.8 Å². The van der Waals surface area contributed by atoms with Gasteiger partial charge in [0.1, 0.15) is 35.7 Å². The average molecular weight is 631 g/mol. The fourth-order valence-electron chi connectivity index (χ4n) is 4.87. The monoisotopic (exact) mass is 630 g/mol. The van der Waals surface area contributed by atoms with E-state index in [0.29, 0.717) is 16.9 Å². The number of esters is 3. The molecular weight excluding hydrogens is 584 g/mol. The number of hydrogen-bond donors (Lipinski definition) is 1. The number of benzene rings is 3. The van der Waals surface area contributed by atoms with Gasteiger partial charge in [0.25, 0.3) is 0 Å². The zero-order valence-corrected chi connectivity index (χ0v) is 27.2. The van der Waals surface area contributed by atoms with Crippen LogP contribution in [0.2, 0.25) is 0 Å². The molecule has 0 fully saturated rings. The van der Waals surface area contributed by atoms with Gasteiger partial charge in [-0.25, -0.2) is 0 Å². The van der Waals surface area contributed by atoms with Crippen molar-refractivity contribution in [3.05, 3.63) is 89.5 Å². The first-order valence-electron chi connectivity index (χ1n) is 16.1. The lowest BCUT2D eigenvalue weighted by Crippen LogP contribution is -2.09. The van der Waals surface area contributed by atoms with Gasteiger partial charge in [0.2, 0.25) is 0 Å². The Bertz CT molecular complexity index is 1430. The first kappa shape index (κ1) is 36.0. The van der Waals surface area contributed by atoms with Crippen molar-refractivity contribution in [1.29, 1.82) is 0 Å². The molecule has 0 saturated carbocycles. The second-order valence-electron chi connectivity index (χ2n) is 11.2. The molecule has 0 saturated heterocycles. The quantitative estimate of drug-likeness (QED) is 0.0796. The van der Waals surface area contributed by atoms with Crippen LogP contribution in [0.5, 0.6) is 23.0 Å². The summed E-state index contributed by atoms with van der Waals surface area (Å²) in [5, 5.41) is 11.2. The molecule has 1 atom stereocenters. The molecule has 0 aliphatic rings. The van der Waals surface area contributed by atoms with Crippen LogP contribution in [0, 0.1) is 0 Å². The molecular formula is C38H46O8. The Labute approximate surface area is 272 Å². The maximum atomic E-state index is 12.8. The summed E-state index contributed by atoms with van der Waals surface area (Å²) in [4.78, 5) is 35.8. The van der Waals surface area contributed by atoms with Crippen molar-refractivity contribution in [2.75, 3.05) is 0 Å². The van der Waals surface area contributed by atoms with Crippen LogP contribution in [-0.2, 0) is 21.0 Å². The van der Waals surface area contributed by atoms with Crippen molar-refractivity contribution in [3.63, 3.8) is 0 Å². The standard InChI is InChI=1S/C38H46O8/c1-4-5-6-7-8-9-10-11-15-18-38(42)46-36-25-32(44-28(2)39)21-19-31(36)20-24-35(41)34-23-22-33(45-29(3)40)26-37(34)43-27-30-16-13-12-14-17-30/h12-14,16-17,19-26,35,41H,4-11,15,18,27H2,1-3H3. The van der Waals surface area contributed by atoms with Crippen LogP contribution in [0.15, 0.2) is 72.8 Å². The maximum Gasteiger partial charge on any atom is 0.311 e. The second kappa shape index (κ2) is 19.9. The number of rotatable bonds is 19. The van der Waals surface area contributed by atoms with Crippen molar-refractivity contribution < 1.29 is 38.4 Å². The fourth-order valence-corrected chi connectivity index (χ4v) is 4.87. The third-order valence-corrected chi connectivity index (χ3v) is 7.22. The lowest BCUT2D eigenvalue weighted by Gasteiger charge is -2.16. The van der Waals surface area contributed by atoms with Crippen molar-refractivity contribution in [1.82, 2.24) is 0 Å². The van der Waals surface area contributed by atoms with Crippen LogP contribution in [0.1, 0.15) is 108 Å². The molecule has 3 aromatic carbocycles. The minimum atomic E-state index is -1.11. The first-order chi connectivity index (χ1) is 22.2. The number of hydrogen-bond acceptors (Lipinski definition) is 8. The van der Waals surface area contributed by atoms with Gasteiger partial charge in [-0.15, -0.1) is 0 Å². The molecule has 3 rings (SSSR count). The van der Waals surface area contributed by atoms with E-state index < -0.39 is 18.0 Å². The van der Waals surface area contributed by atoms with Crippen LogP contribution < -0.4 is 18.9 Å². The number of aliphatic hydroxyl groups excluding tert-OH is 1. The molecule has 46 heavy (non-hydrogen) atoms. The van der Waals surface area contributed by atoms with Gasteiger partial charge < -0.3 is 24.1 Å². The Morgan fingerprint density at radius 3 is 1.93 bits per heavy atom. The van der Waals surface area contributed by atoms with Crippen LogP contribution in [-0.4, -0.2) is 23.0 Å². The summed E-state index contributed by atoms with van der Waals surface area (Å²) in [6, 6.07) is 19.1. The molecule has 0 radical (unpaired) electrons. The van der Waals surface area contributed by atoms with Crippen LogP contribution >= 0.6 is 0 Å². The van der Waals surface area contributed by atoms with E-state index in [1.165, 1.54) is 64.5 Å². The highest BCUT2D eigenvalue weighted by atomic mass is 16.5. The lowest BCUT2D eigenvalue weighted by molar-refractivity contribution is -0.134. The van der Waals surface area contributed by atoms with Gasteiger partial charge in [0.15, 0.2) is 0 Å². The van der Waals surface area contributed by atoms with Crippen LogP contribution in [0.25, 0.3) is 6.08 Å². The number of carbonyl (C=O) groups excluding carboxylic acids is 3. The Hall–Kier alpha value is -4.43. The molecule has 8 heteroatoms. The summed E-state index contributed by atoms with van der Waals surface area (Å²) in [6.07, 6.45) is 12.6. The molecule has 8 nitrogen and oxygen atoms in total. The summed E-state index contributed by atoms with van der Waals surface area (Å²) in [5.41, 5.74) is 1.89. The van der Waals surface area contributed by atoms with Crippen molar-refractivity contribution in [3.8, 4) is 23.0 Å². The van der Waals surface area contributed by atoms with Gasteiger partial charge in [-0.3, -0.25) is 14.4 Å². The smallest absolute Gasteiger partial charge is 0.311 e. The Morgan fingerprint density at radius 2 is 1.30 bits per heavy atom. The van der Waals surface area contributed by atoms with Gasteiger partial charge >= 0.3 is 17.9 Å². The molecule has 246 valence electrons. The van der Waals surface area contributed by atoms with Gasteiger partial charge in [-0.2, -0.15) is 0 Å². The molecule has 0 aliphatic carbocycles. The van der Waals surface area contributed by atoms with Gasteiger partial charge in [0, 0.05) is 43.5 Å². The highest BCUT2D eigenvalue weighted by Crippen LogP contribution is 2.33. The Kier molecular flexibility index (Phi) is 15.6. The largest absolute Gasteiger partial charge is 0.488 e.